The number of anilines is 1. The summed E-state index contributed by atoms with van der Waals surface area (Å²) in [4.78, 5) is 26.1. The molecule has 3 rings (SSSR count). The molecule has 43 heavy (non-hydrogen) atoms. The second-order valence-electron chi connectivity index (χ2n) is 11.2. The van der Waals surface area contributed by atoms with Gasteiger partial charge in [0.1, 0.15) is 17.2 Å². The number of carbonyl (C=O) groups is 2. The molecule has 0 heterocycles. The Morgan fingerprint density at radius 3 is 2.19 bits per heavy atom. The lowest BCUT2D eigenvalue weighted by Crippen LogP contribution is -2.42. The van der Waals surface area contributed by atoms with E-state index in [4.69, 9.17) is 18.9 Å². The molecule has 0 bridgehead atoms. The summed E-state index contributed by atoms with van der Waals surface area (Å²) in [7, 11) is 3.38. The number of nitrogens with one attached hydrogen (secondary N) is 1. The number of carbonyl (C=O) groups excluding carboxylic acids is 2. The van der Waals surface area contributed by atoms with Crippen molar-refractivity contribution in [3.8, 4) is 17.2 Å². The fourth-order valence-corrected chi connectivity index (χ4v) is 5.24. The van der Waals surface area contributed by atoms with E-state index in [2.05, 4.69) is 36.2 Å². The summed E-state index contributed by atoms with van der Waals surface area (Å²) in [6, 6.07) is 19.0. The molecule has 0 aliphatic rings. The highest BCUT2D eigenvalue weighted by Crippen LogP contribution is 2.35. The highest BCUT2D eigenvalue weighted by atomic mass is 16.5. The third-order valence-electron chi connectivity index (χ3n) is 7.22. The molecular weight excluding hydrogens is 548 g/mol. The number of amides is 1. The number of methoxy groups -OCH3 is 2. The number of phenolic OH excluding ortho intramolecular Hbond substituents is 1. The minimum Gasteiger partial charge on any atom is -0.508 e. The highest BCUT2D eigenvalue weighted by molar-refractivity contribution is 6.37. The van der Waals surface area contributed by atoms with Gasteiger partial charge >= 0.3 is 11.9 Å². The number of phenols is 1. The highest BCUT2D eigenvalue weighted by Gasteiger charge is 2.31. The van der Waals surface area contributed by atoms with Crippen molar-refractivity contribution >= 4 is 17.6 Å². The first-order chi connectivity index (χ1) is 20.5. The van der Waals surface area contributed by atoms with Gasteiger partial charge in [-0.2, -0.15) is 0 Å². The van der Waals surface area contributed by atoms with Crippen LogP contribution in [-0.2, 0) is 30.3 Å². The topological polar surface area (TPSA) is 107 Å². The lowest BCUT2D eigenvalue weighted by Gasteiger charge is -2.38. The Balaban J connectivity index is 1.88. The predicted molar refractivity (Wildman–Crippen MR) is 166 cm³/mol. The minimum atomic E-state index is -0.935. The molecule has 2 N–H and O–H groups in total. The van der Waals surface area contributed by atoms with Gasteiger partial charge in [0.25, 0.3) is 0 Å². The summed E-state index contributed by atoms with van der Waals surface area (Å²) in [6.45, 7) is 11.9. The molecule has 0 spiro atoms. The van der Waals surface area contributed by atoms with E-state index in [1.807, 2.05) is 38.1 Å². The van der Waals surface area contributed by atoms with Crippen LogP contribution in [0.2, 0.25) is 0 Å². The summed E-state index contributed by atoms with van der Waals surface area (Å²) < 4.78 is 22.2. The maximum atomic E-state index is 12.1. The van der Waals surface area contributed by atoms with Crippen LogP contribution in [0.4, 0.5) is 5.69 Å². The maximum absolute atomic E-state index is 12.1. The van der Waals surface area contributed by atoms with Crippen LogP contribution in [0.5, 0.6) is 17.2 Å². The molecule has 0 radical (unpaired) electrons. The number of nitrogens with zero attached hydrogens (tertiary/aromatic N) is 1. The van der Waals surface area contributed by atoms with Crippen LogP contribution in [-0.4, -0.2) is 62.5 Å². The Kier molecular flexibility index (Phi) is 12.1. The molecule has 9 nitrogen and oxygen atoms in total. The zero-order valence-corrected chi connectivity index (χ0v) is 26.2. The van der Waals surface area contributed by atoms with Gasteiger partial charge in [0.2, 0.25) is 0 Å². The Morgan fingerprint density at radius 1 is 0.977 bits per heavy atom. The molecule has 0 aromatic heterocycles. The average molecular weight is 593 g/mol. The number of esters is 1. The van der Waals surface area contributed by atoms with Crippen molar-refractivity contribution in [2.45, 2.75) is 47.2 Å². The zero-order valence-electron chi connectivity index (χ0n) is 26.2. The van der Waals surface area contributed by atoms with Gasteiger partial charge in [0.15, 0.2) is 0 Å². The normalized spacial score (nSPS) is 12.2. The number of aromatic hydroxyl groups is 1. The molecule has 232 valence electrons. The van der Waals surface area contributed by atoms with Crippen molar-refractivity contribution in [3.63, 3.8) is 0 Å². The van der Waals surface area contributed by atoms with Crippen LogP contribution < -0.4 is 10.1 Å². The molecule has 9 heteroatoms. The van der Waals surface area contributed by atoms with Gasteiger partial charge in [0, 0.05) is 50.0 Å². The Labute approximate surface area is 254 Å². The van der Waals surface area contributed by atoms with Gasteiger partial charge in [-0.1, -0.05) is 37.3 Å². The van der Waals surface area contributed by atoms with Crippen molar-refractivity contribution < 1.29 is 33.6 Å². The molecule has 3 aromatic carbocycles. The predicted octanol–water partition coefficient (Wildman–Crippen LogP) is 6.17. The number of hydrogen-bond acceptors (Lipinski definition) is 8. The van der Waals surface area contributed by atoms with E-state index >= 15 is 0 Å². The number of rotatable bonds is 14. The number of ether oxygens (including phenoxy) is 4. The van der Waals surface area contributed by atoms with Crippen LogP contribution in [0.25, 0.3) is 0 Å². The number of hydrogen-bond donors (Lipinski definition) is 2. The van der Waals surface area contributed by atoms with E-state index in [9.17, 15) is 14.7 Å². The van der Waals surface area contributed by atoms with Gasteiger partial charge in [0.05, 0.1) is 19.8 Å². The van der Waals surface area contributed by atoms with E-state index in [0.29, 0.717) is 49.1 Å². The van der Waals surface area contributed by atoms with Crippen molar-refractivity contribution in [2.24, 2.45) is 5.41 Å². The van der Waals surface area contributed by atoms with E-state index in [1.165, 1.54) is 0 Å². The first-order valence-corrected chi connectivity index (χ1v) is 14.4. The Hall–Kier alpha value is -3.92. The number of benzene rings is 3. The molecule has 0 fully saturated rings. The molecule has 0 aliphatic heterocycles. The van der Waals surface area contributed by atoms with Gasteiger partial charge in [-0.25, -0.2) is 4.79 Å². The van der Waals surface area contributed by atoms with Crippen LogP contribution >= 0.6 is 0 Å². The van der Waals surface area contributed by atoms with Gasteiger partial charge in [-0.05, 0) is 74.7 Å². The Bertz CT molecular complexity index is 1350. The van der Waals surface area contributed by atoms with E-state index in [1.54, 1.807) is 45.4 Å². The van der Waals surface area contributed by atoms with Crippen LogP contribution in [0.1, 0.15) is 49.1 Å². The van der Waals surface area contributed by atoms with E-state index < -0.39 is 11.9 Å². The summed E-state index contributed by atoms with van der Waals surface area (Å²) >= 11 is 0. The number of aryl methyl sites for hydroxylation is 2. The summed E-state index contributed by atoms with van der Waals surface area (Å²) in [5, 5.41) is 13.5. The monoisotopic (exact) mass is 592 g/mol. The molecule has 0 aliphatic carbocycles. The smallest absolute Gasteiger partial charge is 0.397 e. The SMILES string of the molecule is CCOC(=O)C(=O)Nc1cc(C)c(Oc2ccc(O)c(CN(CC(C)(COC)COC)C(C)c3ccccc3)c2)c(C)c1. The zero-order chi connectivity index (χ0) is 31.6. The van der Waals surface area contributed by atoms with Gasteiger partial charge in [-0.3, -0.25) is 9.69 Å². The second-order valence-corrected chi connectivity index (χ2v) is 11.2. The maximum Gasteiger partial charge on any atom is 0.397 e. The molecule has 1 atom stereocenters. The van der Waals surface area contributed by atoms with Crippen molar-refractivity contribution in [3.05, 3.63) is 82.9 Å². The summed E-state index contributed by atoms with van der Waals surface area (Å²) in [6.07, 6.45) is 0. The third-order valence-corrected chi connectivity index (χ3v) is 7.22. The minimum absolute atomic E-state index is 0.0417. The van der Waals surface area contributed by atoms with E-state index in [0.717, 1.165) is 16.7 Å². The standard InChI is InChI=1S/C34H44N2O7/c1-8-42-33(39)32(38)35-28-16-23(2)31(24(3)17-28)43-29-14-15-30(37)27(18-29)19-36(20-34(5,21-40-6)22-41-7)25(4)26-12-10-9-11-13-26/h9-18,25,37H,8,19-22H2,1-7H3,(H,35,38). The molecule has 3 aromatic rings. The van der Waals surface area contributed by atoms with Crippen molar-refractivity contribution in [2.75, 3.05) is 45.9 Å². The first-order valence-electron chi connectivity index (χ1n) is 14.4. The average Bonchev–Trinajstić information content (AvgIpc) is 2.96. The third kappa shape index (κ3) is 9.28. The Morgan fingerprint density at radius 2 is 1.60 bits per heavy atom. The quantitative estimate of drug-likeness (QED) is 0.169. The van der Waals surface area contributed by atoms with Crippen LogP contribution in [0, 0.1) is 19.3 Å². The lowest BCUT2D eigenvalue weighted by atomic mass is 9.90. The lowest BCUT2D eigenvalue weighted by molar-refractivity contribution is -0.152. The molecule has 0 saturated carbocycles. The molecular formula is C34H44N2O7. The summed E-state index contributed by atoms with van der Waals surface area (Å²) in [5.41, 5.74) is 3.59. The first kappa shape index (κ1) is 33.6. The molecule has 0 saturated heterocycles. The van der Waals surface area contributed by atoms with Crippen LogP contribution in [0.15, 0.2) is 60.7 Å². The molecule has 1 amide bonds. The van der Waals surface area contributed by atoms with Gasteiger partial charge in [-0.15, -0.1) is 0 Å². The second kappa shape index (κ2) is 15.5. The summed E-state index contributed by atoms with van der Waals surface area (Å²) in [5.74, 6) is -0.420. The van der Waals surface area contributed by atoms with Crippen molar-refractivity contribution in [1.82, 2.24) is 4.90 Å². The fourth-order valence-electron chi connectivity index (χ4n) is 5.24. The van der Waals surface area contributed by atoms with Gasteiger partial charge < -0.3 is 29.4 Å². The van der Waals surface area contributed by atoms with Crippen LogP contribution in [0.3, 0.4) is 0 Å². The van der Waals surface area contributed by atoms with E-state index in [-0.39, 0.29) is 23.8 Å². The largest absolute Gasteiger partial charge is 0.508 e. The molecule has 1 unspecified atom stereocenters. The van der Waals surface area contributed by atoms with Crippen molar-refractivity contribution in [1.29, 1.82) is 0 Å². The fraction of sp³-hybridized carbons (Fsp3) is 0.412.